The highest BCUT2D eigenvalue weighted by Crippen LogP contribution is 2.46. The number of fused-ring (bicyclic) bond motifs is 1. The topological polar surface area (TPSA) is 84.2 Å². The largest absolute Gasteiger partial charge is 0.496 e. The SMILES string of the molecule is C=C(COC(=O)CC(C)C)[C@H]1OC(C)(C)O[C@H]1c1c(OC)ccc2ccc(=O)oc12. The lowest BCUT2D eigenvalue weighted by molar-refractivity contribution is -0.146. The molecule has 2 atom stereocenters. The molecule has 2 aromatic rings. The molecule has 0 aliphatic carbocycles. The summed E-state index contributed by atoms with van der Waals surface area (Å²) in [5.74, 6) is -0.527. The lowest BCUT2D eigenvalue weighted by Crippen LogP contribution is -2.24. The molecule has 1 aliphatic heterocycles. The summed E-state index contributed by atoms with van der Waals surface area (Å²) in [7, 11) is 1.53. The first-order valence-electron chi connectivity index (χ1n) is 9.91. The number of ether oxygens (including phenoxy) is 4. The smallest absolute Gasteiger partial charge is 0.336 e. The fourth-order valence-corrected chi connectivity index (χ4v) is 3.50. The Bertz CT molecular complexity index is 1000. The van der Waals surface area contributed by atoms with Crippen LogP contribution in [0, 0.1) is 5.92 Å². The Labute approximate surface area is 175 Å². The van der Waals surface area contributed by atoms with Crippen molar-refractivity contribution in [3.05, 3.63) is 52.4 Å². The van der Waals surface area contributed by atoms with Crippen molar-refractivity contribution in [3.8, 4) is 5.75 Å². The zero-order valence-electron chi connectivity index (χ0n) is 18.0. The van der Waals surface area contributed by atoms with Crippen molar-refractivity contribution >= 4 is 16.9 Å². The molecule has 0 radical (unpaired) electrons. The monoisotopic (exact) mass is 416 g/mol. The molecule has 0 saturated carbocycles. The lowest BCUT2D eigenvalue weighted by atomic mass is 9.96. The molecule has 0 spiro atoms. The molecular formula is C23H28O7. The third-order valence-corrected chi connectivity index (χ3v) is 4.78. The van der Waals surface area contributed by atoms with E-state index in [9.17, 15) is 9.59 Å². The normalized spacial score (nSPS) is 20.5. The standard InChI is InChI=1S/C23H28O7/c1-13(2)11-18(25)27-12-14(3)20-22(30-23(4,5)29-20)19-16(26-6)9-7-15-8-10-17(24)28-21(15)19/h7-10,13,20,22H,3,11-12H2,1-2,4-6H3/t20-,22+/m1/s1. The first-order chi connectivity index (χ1) is 14.1. The molecule has 1 aromatic heterocycles. The van der Waals surface area contributed by atoms with E-state index in [1.165, 1.54) is 13.2 Å². The Balaban J connectivity index is 1.97. The number of carbonyl (C=O) groups excluding carboxylic acids is 1. The van der Waals surface area contributed by atoms with Crippen LogP contribution in [0.2, 0.25) is 0 Å². The van der Waals surface area contributed by atoms with Crippen molar-refractivity contribution in [2.45, 2.75) is 52.1 Å². The molecule has 0 amide bonds. The van der Waals surface area contributed by atoms with Crippen LogP contribution >= 0.6 is 0 Å². The Morgan fingerprint density at radius 1 is 1.20 bits per heavy atom. The number of benzene rings is 1. The minimum Gasteiger partial charge on any atom is -0.496 e. The highest BCUT2D eigenvalue weighted by molar-refractivity contribution is 5.82. The van der Waals surface area contributed by atoms with Crippen molar-refractivity contribution in [1.82, 2.24) is 0 Å². The fourth-order valence-electron chi connectivity index (χ4n) is 3.50. The number of hydrogen-bond acceptors (Lipinski definition) is 7. The molecule has 0 bridgehead atoms. The third kappa shape index (κ3) is 4.74. The van der Waals surface area contributed by atoms with Gasteiger partial charge in [0.1, 0.15) is 30.1 Å². The van der Waals surface area contributed by atoms with Crippen LogP contribution in [0.5, 0.6) is 5.75 Å². The number of rotatable bonds is 7. The van der Waals surface area contributed by atoms with Crippen molar-refractivity contribution in [2.24, 2.45) is 5.92 Å². The van der Waals surface area contributed by atoms with Gasteiger partial charge in [-0.25, -0.2) is 4.79 Å². The van der Waals surface area contributed by atoms with Crippen LogP contribution in [0.15, 0.2) is 45.6 Å². The molecule has 1 saturated heterocycles. The average Bonchev–Trinajstić information content (AvgIpc) is 2.99. The van der Waals surface area contributed by atoms with Crippen LogP contribution < -0.4 is 10.4 Å². The minimum atomic E-state index is -0.928. The molecule has 0 unspecified atom stereocenters. The summed E-state index contributed by atoms with van der Waals surface area (Å²) in [4.78, 5) is 23.9. The van der Waals surface area contributed by atoms with E-state index in [4.69, 9.17) is 23.4 Å². The summed E-state index contributed by atoms with van der Waals surface area (Å²) in [5, 5.41) is 0.728. The molecule has 1 aromatic carbocycles. The van der Waals surface area contributed by atoms with E-state index >= 15 is 0 Å². The summed E-state index contributed by atoms with van der Waals surface area (Å²) in [6.07, 6.45) is -0.968. The Morgan fingerprint density at radius 3 is 2.57 bits per heavy atom. The number of carbonyl (C=O) groups is 1. The van der Waals surface area contributed by atoms with E-state index in [1.54, 1.807) is 32.0 Å². The second-order valence-corrected chi connectivity index (χ2v) is 8.25. The van der Waals surface area contributed by atoms with Gasteiger partial charge >= 0.3 is 11.6 Å². The van der Waals surface area contributed by atoms with Gasteiger partial charge in [-0.2, -0.15) is 0 Å². The predicted octanol–water partition coefficient (Wildman–Crippen LogP) is 4.14. The van der Waals surface area contributed by atoms with Crippen LogP contribution in [0.25, 0.3) is 11.0 Å². The number of esters is 1. The highest BCUT2D eigenvalue weighted by atomic mass is 16.8. The summed E-state index contributed by atoms with van der Waals surface area (Å²) >= 11 is 0. The zero-order chi connectivity index (χ0) is 22.1. The Hall–Kier alpha value is -2.64. The van der Waals surface area contributed by atoms with Gasteiger partial charge in [0, 0.05) is 17.9 Å². The van der Waals surface area contributed by atoms with Crippen molar-refractivity contribution in [3.63, 3.8) is 0 Å². The highest BCUT2D eigenvalue weighted by Gasteiger charge is 2.45. The van der Waals surface area contributed by atoms with E-state index in [2.05, 4.69) is 6.58 Å². The molecule has 7 nitrogen and oxygen atoms in total. The second kappa shape index (κ2) is 8.62. The quantitative estimate of drug-likeness (QED) is 0.381. The molecule has 7 heteroatoms. The molecule has 2 heterocycles. The maximum absolute atomic E-state index is 12.0. The van der Waals surface area contributed by atoms with Crippen molar-refractivity contribution in [1.29, 1.82) is 0 Å². The first kappa shape index (κ1) is 22.1. The zero-order valence-corrected chi connectivity index (χ0v) is 18.0. The maximum atomic E-state index is 12.0. The number of hydrogen-bond donors (Lipinski definition) is 0. The second-order valence-electron chi connectivity index (χ2n) is 8.25. The summed E-state index contributed by atoms with van der Waals surface area (Å²) in [6.45, 7) is 11.5. The summed E-state index contributed by atoms with van der Waals surface area (Å²) in [5.41, 5.74) is 0.980. The Kier molecular flexibility index (Phi) is 6.33. The Morgan fingerprint density at radius 2 is 1.90 bits per heavy atom. The van der Waals surface area contributed by atoms with Crippen molar-refractivity contribution < 1.29 is 28.2 Å². The van der Waals surface area contributed by atoms with Gasteiger partial charge in [-0.3, -0.25) is 4.79 Å². The van der Waals surface area contributed by atoms with E-state index in [0.29, 0.717) is 28.9 Å². The molecule has 3 rings (SSSR count). The van der Waals surface area contributed by atoms with Crippen molar-refractivity contribution in [2.75, 3.05) is 13.7 Å². The van der Waals surface area contributed by atoms with Gasteiger partial charge < -0.3 is 23.4 Å². The van der Waals surface area contributed by atoms with Gasteiger partial charge in [0.05, 0.1) is 12.7 Å². The van der Waals surface area contributed by atoms with Crippen LogP contribution in [-0.2, 0) is 19.0 Å². The van der Waals surface area contributed by atoms with E-state index in [-0.39, 0.29) is 18.5 Å². The molecule has 1 aliphatic rings. The van der Waals surface area contributed by atoms with Gasteiger partial charge in [-0.1, -0.05) is 20.4 Å². The average molecular weight is 416 g/mol. The summed E-state index contributed by atoms with van der Waals surface area (Å²) in [6, 6.07) is 6.63. The maximum Gasteiger partial charge on any atom is 0.336 e. The molecule has 1 fully saturated rings. The van der Waals surface area contributed by atoms with E-state index < -0.39 is 23.6 Å². The minimum absolute atomic E-state index is 0.00316. The van der Waals surface area contributed by atoms with Crippen LogP contribution in [0.1, 0.15) is 45.8 Å². The molecule has 0 N–H and O–H groups in total. The summed E-state index contributed by atoms with van der Waals surface area (Å²) < 4.78 is 28.6. The van der Waals surface area contributed by atoms with Gasteiger partial charge in [0.15, 0.2) is 5.79 Å². The lowest BCUT2D eigenvalue weighted by Gasteiger charge is -2.22. The predicted molar refractivity (Wildman–Crippen MR) is 111 cm³/mol. The van der Waals surface area contributed by atoms with Crippen LogP contribution in [-0.4, -0.2) is 31.6 Å². The van der Waals surface area contributed by atoms with E-state index in [0.717, 1.165) is 5.39 Å². The van der Waals surface area contributed by atoms with Gasteiger partial charge in [0.2, 0.25) is 0 Å². The van der Waals surface area contributed by atoms with Crippen LogP contribution in [0.4, 0.5) is 0 Å². The van der Waals surface area contributed by atoms with Crippen LogP contribution in [0.3, 0.4) is 0 Å². The molecular weight excluding hydrogens is 388 g/mol. The van der Waals surface area contributed by atoms with Gasteiger partial charge in [0.25, 0.3) is 0 Å². The molecule has 162 valence electrons. The van der Waals surface area contributed by atoms with E-state index in [1.807, 2.05) is 13.8 Å². The molecule has 30 heavy (non-hydrogen) atoms. The number of methoxy groups -OCH3 is 1. The fraction of sp³-hybridized carbons (Fsp3) is 0.478. The van der Waals surface area contributed by atoms with Gasteiger partial charge in [-0.15, -0.1) is 0 Å². The van der Waals surface area contributed by atoms with Gasteiger partial charge in [-0.05, 0) is 43.5 Å². The third-order valence-electron chi connectivity index (χ3n) is 4.78. The first-order valence-corrected chi connectivity index (χ1v) is 9.91.